The molecule has 0 fully saturated rings. The number of aromatic nitrogens is 2. The van der Waals surface area contributed by atoms with E-state index in [0.717, 1.165) is 35.2 Å². The van der Waals surface area contributed by atoms with Crippen molar-refractivity contribution in [1.29, 1.82) is 0 Å². The van der Waals surface area contributed by atoms with Gasteiger partial charge in [0.15, 0.2) is 0 Å². The fourth-order valence-electron chi connectivity index (χ4n) is 4.90. The van der Waals surface area contributed by atoms with Crippen LogP contribution in [0.25, 0.3) is 11.1 Å². The fourth-order valence-corrected chi connectivity index (χ4v) is 4.90. The van der Waals surface area contributed by atoms with Gasteiger partial charge >= 0.3 is 0 Å². The summed E-state index contributed by atoms with van der Waals surface area (Å²) in [6.07, 6.45) is 5.83. The average Bonchev–Trinajstić information content (AvgIpc) is 3.52. The van der Waals surface area contributed by atoms with Crippen LogP contribution in [0.5, 0.6) is 0 Å². The van der Waals surface area contributed by atoms with Crippen molar-refractivity contribution in [2.75, 3.05) is 31.6 Å². The first-order valence-corrected chi connectivity index (χ1v) is 13.4. The van der Waals surface area contributed by atoms with E-state index in [-0.39, 0.29) is 32.3 Å². The molecule has 2 amide bonds. The predicted octanol–water partition coefficient (Wildman–Crippen LogP) is 4.78. The molecule has 1 N–H and O–H groups in total. The minimum Gasteiger partial charge on any atom is -0.355 e. The largest absolute Gasteiger partial charge is 0.355 e. The molecule has 0 spiro atoms. The molecule has 210 valence electrons. The van der Waals surface area contributed by atoms with Crippen molar-refractivity contribution in [2.24, 2.45) is 13.0 Å². The summed E-state index contributed by atoms with van der Waals surface area (Å²) in [6, 6.07) is 14.4. The third-order valence-electron chi connectivity index (χ3n) is 7.13. The molecule has 2 aromatic carbocycles. The van der Waals surface area contributed by atoms with Crippen LogP contribution in [-0.4, -0.2) is 58.3 Å². The standard InChI is InChI=1S/C30H40N6O2.CH4/c1-22(2)9-8-14-31-29(37)20-35(28-13-12-24(15-23(28)3)27-16-32-33(4)17-27)21-30(38)34(5)36-18-25-10-6-7-11-26(25)19-36;/h6-7,10-13,15-17,22H,8-9,14,18-21H2,1-5H3,(H,31,37);1H4. The zero-order valence-electron chi connectivity index (χ0n) is 23.3. The molecule has 1 aliphatic rings. The SMILES string of the molecule is C.Cc1cc(-c2cnn(C)c2)ccc1N(CC(=O)NCCCC(C)C)CC(=O)N(C)N1Cc2ccccc2C1. The Morgan fingerprint density at radius 2 is 1.74 bits per heavy atom. The number of anilines is 1. The van der Waals surface area contributed by atoms with E-state index in [1.807, 2.05) is 62.6 Å². The highest BCUT2D eigenvalue weighted by atomic mass is 16.2. The molecule has 0 aliphatic carbocycles. The van der Waals surface area contributed by atoms with Gasteiger partial charge in [-0.05, 0) is 60.1 Å². The monoisotopic (exact) mass is 532 g/mol. The zero-order valence-corrected chi connectivity index (χ0v) is 23.3. The highest BCUT2D eigenvalue weighted by Gasteiger charge is 2.27. The molecule has 0 unspecified atom stereocenters. The number of rotatable bonds is 11. The van der Waals surface area contributed by atoms with Crippen LogP contribution in [0.15, 0.2) is 54.9 Å². The van der Waals surface area contributed by atoms with Gasteiger partial charge in [-0.3, -0.25) is 19.3 Å². The maximum Gasteiger partial charge on any atom is 0.256 e. The Morgan fingerprint density at radius 1 is 1.05 bits per heavy atom. The Labute approximate surface area is 233 Å². The molecular formula is C31H44N6O2. The molecule has 39 heavy (non-hydrogen) atoms. The number of hydrazine groups is 1. The number of hydrogen-bond donors (Lipinski definition) is 1. The van der Waals surface area contributed by atoms with E-state index in [0.29, 0.717) is 25.6 Å². The second-order valence-electron chi connectivity index (χ2n) is 10.7. The molecule has 3 aromatic rings. The van der Waals surface area contributed by atoms with Crippen LogP contribution in [0.3, 0.4) is 0 Å². The van der Waals surface area contributed by atoms with Gasteiger partial charge in [0.25, 0.3) is 5.91 Å². The van der Waals surface area contributed by atoms with Crippen molar-refractivity contribution in [3.05, 3.63) is 71.5 Å². The summed E-state index contributed by atoms with van der Waals surface area (Å²) in [5, 5.41) is 11.1. The van der Waals surface area contributed by atoms with Crippen LogP contribution >= 0.6 is 0 Å². The van der Waals surface area contributed by atoms with Crippen molar-refractivity contribution in [3.63, 3.8) is 0 Å². The lowest BCUT2D eigenvalue weighted by Crippen LogP contribution is -2.48. The van der Waals surface area contributed by atoms with Crippen LogP contribution in [0, 0.1) is 12.8 Å². The Morgan fingerprint density at radius 3 is 2.33 bits per heavy atom. The lowest BCUT2D eigenvalue weighted by Gasteiger charge is -2.32. The third-order valence-corrected chi connectivity index (χ3v) is 7.13. The predicted molar refractivity (Wildman–Crippen MR) is 158 cm³/mol. The topological polar surface area (TPSA) is 73.7 Å². The Kier molecular flexibility index (Phi) is 10.3. The third kappa shape index (κ3) is 7.69. The molecule has 0 saturated carbocycles. The average molecular weight is 533 g/mol. The molecule has 0 atom stereocenters. The number of carbonyl (C=O) groups excluding carboxylic acids is 2. The van der Waals surface area contributed by atoms with E-state index in [2.05, 4.69) is 47.5 Å². The van der Waals surface area contributed by atoms with Gasteiger partial charge in [-0.25, -0.2) is 5.01 Å². The number of carbonyl (C=O) groups is 2. The van der Waals surface area contributed by atoms with Gasteiger partial charge in [-0.15, -0.1) is 0 Å². The van der Waals surface area contributed by atoms with Gasteiger partial charge in [0, 0.05) is 51.2 Å². The number of likely N-dealkylation sites (N-methyl/N-ethyl adjacent to an activating group) is 1. The number of benzene rings is 2. The smallest absolute Gasteiger partial charge is 0.256 e. The van der Waals surface area contributed by atoms with Gasteiger partial charge in [0.2, 0.25) is 5.91 Å². The summed E-state index contributed by atoms with van der Waals surface area (Å²) in [6.45, 7) is 8.66. The highest BCUT2D eigenvalue weighted by molar-refractivity contribution is 5.87. The molecule has 1 aromatic heterocycles. The van der Waals surface area contributed by atoms with Crippen LogP contribution in [0.1, 0.15) is 50.8 Å². The van der Waals surface area contributed by atoms with E-state index in [9.17, 15) is 9.59 Å². The van der Waals surface area contributed by atoms with Gasteiger partial charge in [0.1, 0.15) is 0 Å². The number of nitrogens with zero attached hydrogens (tertiary/aromatic N) is 5. The number of nitrogens with one attached hydrogen (secondary N) is 1. The molecule has 8 heteroatoms. The molecule has 0 bridgehead atoms. The Balaban J connectivity index is 0.00000420. The minimum atomic E-state index is -0.0754. The van der Waals surface area contributed by atoms with Crippen molar-refractivity contribution in [3.8, 4) is 11.1 Å². The van der Waals surface area contributed by atoms with Crippen LogP contribution in [0.2, 0.25) is 0 Å². The summed E-state index contributed by atoms with van der Waals surface area (Å²) < 4.78 is 1.78. The lowest BCUT2D eigenvalue weighted by molar-refractivity contribution is -0.145. The molecule has 8 nitrogen and oxygen atoms in total. The van der Waals surface area contributed by atoms with Gasteiger partial charge in [0.05, 0.1) is 19.3 Å². The second-order valence-corrected chi connectivity index (χ2v) is 10.7. The van der Waals surface area contributed by atoms with Crippen LogP contribution in [-0.2, 0) is 29.7 Å². The summed E-state index contributed by atoms with van der Waals surface area (Å²) >= 11 is 0. The molecule has 4 rings (SSSR count). The summed E-state index contributed by atoms with van der Waals surface area (Å²) in [5.74, 6) is 0.476. The molecule has 1 aliphatic heterocycles. The molecule has 2 heterocycles. The van der Waals surface area contributed by atoms with Crippen LogP contribution in [0.4, 0.5) is 5.69 Å². The maximum atomic E-state index is 13.5. The van der Waals surface area contributed by atoms with Crippen LogP contribution < -0.4 is 10.2 Å². The summed E-state index contributed by atoms with van der Waals surface area (Å²) in [5.41, 5.74) is 6.44. The number of hydrogen-bond acceptors (Lipinski definition) is 5. The number of aryl methyl sites for hydroxylation is 2. The van der Waals surface area contributed by atoms with E-state index < -0.39 is 0 Å². The van der Waals surface area contributed by atoms with Crippen molar-refractivity contribution in [1.82, 2.24) is 25.1 Å². The summed E-state index contributed by atoms with van der Waals surface area (Å²) in [4.78, 5) is 28.3. The van der Waals surface area contributed by atoms with E-state index in [4.69, 9.17) is 0 Å². The van der Waals surface area contributed by atoms with Crippen molar-refractivity contribution < 1.29 is 9.59 Å². The molecule has 0 saturated heterocycles. The zero-order chi connectivity index (χ0) is 27.2. The Hall–Kier alpha value is -3.65. The second kappa shape index (κ2) is 13.4. The highest BCUT2D eigenvalue weighted by Crippen LogP contribution is 2.28. The molecular weight excluding hydrogens is 488 g/mol. The first-order valence-electron chi connectivity index (χ1n) is 13.4. The normalized spacial score (nSPS) is 12.7. The number of amides is 2. The van der Waals surface area contributed by atoms with Gasteiger partial charge < -0.3 is 10.2 Å². The van der Waals surface area contributed by atoms with E-state index in [1.54, 1.807) is 9.69 Å². The van der Waals surface area contributed by atoms with Crippen molar-refractivity contribution >= 4 is 17.5 Å². The number of fused-ring (bicyclic) bond motifs is 1. The first kappa shape index (κ1) is 29.9. The lowest BCUT2D eigenvalue weighted by atomic mass is 10.0. The summed E-state index contributed by atoms with van der Waals surface area (Å²) in [7, 11) is 3.71. The van der Waals surface area contributed by atoms with E-state index in [1.165, 1.54) is 11.1 Å². The quantitative estimate of drug-likeness (QED) is 0.360. The fraction of sp³-hybridized carbons (Fsp3) is 0.452. The van der Waals surface area contributed by atoms with Crippen molar-refractivity contribution in [2.45, 2.75) is 54.1 Å². The van der Waals surface area contributed by atoms with Gasteiger partial charge in [-0.1, -0.05) is 51.6 Å². The maximum absolute atomic E-state index is 13.5. The molecule has 0 radical (unpaired) electrons. The van der Waals surface area contributed by atoms with E-state index >= 15 is 0 Å². The Bertz CT molecular complexity index is 1240. The minimum absolute atomic E-state index is 0. The van der Waals surface area contributed by atoms with Gasteiger partial charge in [-0.2, -0.15) is 5.10 Å². The first-order chi connectivity index (χ1) is 18.2.